The zero-order chi connectivity index (χ0) is 14.6. The molecule has 5 heteroatoms. The lowest BCUT2D eigenvalue weighted by atomic mass is 10.0. The number of aromatic nitrogens is 2. The molecule has 0 N–H and O–H groups in total. The molecule has 1 atom stereocenters. The van der Waals surface area contributed by atoms with Crippen LogP contribution in [0.3, 0.4) is 0 Å². The lowest BCUT2D eigenvalue weighted by Crippen LogP contribution is -2.39. The highest BCUT2D eigenvalue weighted by Crippen LogP contribution is 2.20. The zero-order valence-corrected chi connectivity index (χ0v) is 12.7. The van der Waals surface area contributed by atoms with Gasteiger partial charge in [0.1, 0.15) is 5.60 Å². The van der Waals surface area contributed by atoms with E-state index in [1.807, 2.05) is 38.2 Å². The van der Waals surface area contributed by atoms with E-state index in [0.29, 0.717) is 5.92 Å². The fraction of sp³-hybridized carbons (Fsp3) is 0.733. The number of nitrogens with zero attached hydrogens (tertiary/aromatic N) is 3. The summed E-state index contributed by atoms with van der Waals surface area (Å²) in [6.45, 7) is 8.21. The van der Waals surface area contributed by atoms with E-state index in [1.54, 1.807) is 6.20 Å². The second-order valence-electron chi connectivity index (χ2n) is 6.55. The van der Waals surface area contributed by atoms with Crippen molar-refractivity contribution in [3.05, 3.63) is 18.7 Å². The first-order chi connectivity index (χ1) is 9.44. The van der Waals surface area contributed by atoms with Gasteiger partial charge < -0.3 is 14.2 Å². The third-order valence-electron chi connectivity index (χ3n) is 3.45. The van der Waals surface area contributed by atoms with E-state index in [-0.39, 0.29) is 6.09 Å². The Labute approximate surface area is 120 Å². The Morgan fingerprint density at radius 3 is 2.85 bits per heavy atom. The summed E-state index contributed by atoms with van der Waals surface area (Å²) < 4.78 is 7.57. The van der Waals surface area contributed by atoms with Crippen molar-refractivity contribution in [3.8, 4) is 0 Å². The normalized spacial score (nSPS) is 20.6. The number of amides is 1. The first-order valence-electron chi connectivity index (χ1n) is 7.38. The van der Waals surface area contributed by atoms with Crippen LogP contribution in [-0.4, -0.2) is 39.2 Å². The van der Waals surface area contributed by atoms with Crippen molar-refractivity contribution in [2.24, 2.45) is 5.92 Å². The maximum atomic E-state index is 12.2. The van der Waals surface area contributed by atoms with Gasteiger partial charge in [-0.05, 0) is 39.5 Å². The van der Waals surface area contributed by atoms with Crippen molar-refractivity contribution in [1.82, 2.24) is 14.5 Å². The summed E-state index contributed by atoms with van der Waals surface area (Å²) >= 11 is 0. The summed E-state index contributed by atoms with van der Waals surface area (Å²) in [5, 5.41) is 0. The van der Waals surface area contributed by atoms with E-state index >= 15 is 0 Å². The number of imidazole rings is 1. The second kappa shape index (κ2) is 6.29. The minimum Gasteiger partial charge on any atom is -0.444 e. The van der Waals surface area contributed by atoms with Gasteiger partial charge in [0.2, 0.25) is 0 Å². The molecule has 0 aromatic carbocycles. The molecule has 1 saturated heterocycles. The summed E-state index contributed by atoms with van der Waals surface area (Å²) in [6.07, 6.45) is 8.79. The van der Waals surface area contributed by atoms with Gasteiger partial charge in [-0.25, -0.2) is 9.78 Å². The van der Waals surface area contributed by atoms with Crippen molar-refractivity contribution < 1.29 is 9.53 Å². The predicted octanol–water partition coefficient (Wildman–Crippen LogP) is 2.92. The van der Waals surface area contributed by atoms with Gasteiger partial charge in [-0.3, -0.25) is 0 Å². The van der Waals surface area contributed by atoms with Crippen LogP contribution in [0.2, 0.25) is 0 Å². The molecular formula is C15H25N3O2. The lowest BCUT2D eigenvalue weighted by molar-refractivity contribution is 0.0230. The zero-order valence-electron chi connectivity index (χ0n) is 12.7. The molecule has 1 aromatic heterocycles. The number of ether oxygens (including phenoxy) is 1. The highest BCUT2D eigenvalue weighted by Gasteiger charge is 2.26. The van der Waals surface area contributed by atoms with Gasteiger partial charge in [-0.1, -0.05) is 6.42 Å². The van der Waals surface area contributed by atoms with Crippen molar-refractivity contribution >= 4 is 6.09 Å². The van der Waals surface area contributed by atoms with Gasteiger partial charge in [-0.15, -0.1) is 0 Å². The van der Waals surface area contributed by atoms with Crippen molar-refractivity contribution in [1.29, 1.82) is 0 Å². The molecular weight excluding hydrogens is 254 g/mol. The standard InChI is InChI=1S/C15H25N3O2/c1-15(2,3)20-14(19)18-8-5-4-6-13(11-18)10-17-9-7-16-12-17/h7,9,12-13H,4-6,8,10-11H2,1-3H3. The van der Waals surface area contributed by atoms with Crippen molar-refractivity contribution in [2.45, 2.75) is 52.2 Å². The Hall–Kier alpha value is -1.52. The molecule has 1 unspecified atom stereocenters. The number of carbonyl (C=O) groups excluding carboxylic acids is 1. The van der Waals surface area contributed by atoms with Gasteiger partial charge in [0.25, 0.3) is 0 Å². The van der Waals surface area contributed by atoms with Crippen molar-refractivity contribution in [2.75, 3.05) is 13.1 Å². The Bertz CT molecular complexity index is 423. The number of hydrogen-bond donors (Lipinski definition) is 0. The molecule has 0 aliphatic carbocycles. The smallest absolute Gasteiger partial charge is 0.410 e. The summed E-state index contributed by atoms with van der Waals surface area (Å²) in [5.41, 5.74) is -0.427. The first-order valence-corrected chi connectivity index (χ1v) is 7.38. The van der Waals surface area contributed by atoms with Crippen LogP contribution in [0.25, 0.3) is 0 Å². The van der Waals surface area contributed by atoms with Crippen LogP contribution in [0.15, 0.2) is 18.7 Å². The van der Waals surface area contributed by atoms with Gasteiger partial charge in [0.05, 0.1) is 6.33 Å². The molecule has 0 saturated carbocycles. The number of rotatable bonds is 2. The molecule has 1 aliphatic heterocycles. The van der Waals surface area contributed by atoms with Gasteiger partial charge >= 0.3 is 6.09 Å². The summed E-state index contributed by atoms with van der Waals surface area (Å²) in [4.78, 5) is 18.1. The third kappa shape index (κ3) is 4.54. The van der Waals surface area contributed by atoms with Crippen LogP contribution in [0.5, 0.6) is 0 Å². The average Bonchev–Trinajstić information content (AvgIpc) is 2.71. The third-order valence-corrected chi connectivity index (χ3v) is 3.45. The summed E-state index contributed by atoms with van der Waals surface area (Å²) in [5.74, 6) is 0.471. The summed E-state index contributed by atoms with van der Waals surface area (Å²) in [7, 11) is 0. The Balaban J connectivity index is 1.94. The van der Waals surface area contributed by atoms with E-state index in [1.165, 1.54) is 6.42 Å². The van der Waals surface area contributed by atoms with E-state index in [0.717, 1.165) is 32.5 Å². The minimum absolute atomic E-state index is 0.185. The molecule has 0 radical (unpaired) electrons. The Kier molecular flexibility index (Phi) is 4.68. The lowest BCUT2D eigenvalue weighted by Gasteiger charge is -2.28. The van der Waals surface area contributed by atoms with Crippen LogP contribution in [-0.2, 0) is 11.3 Å². The largest absolute Gasteiger partial charge is 0.444 e. The maximum absolute atomic E-state index is 12.2. The topological polar surface area (TPSA) is 47.4 Å². The minimum atomic E-state index is -0.427. The maximum Gasteiger partial charge on any atom is 0.410 e. The highest BCUT2D eigenvalue weighted by atomic mass is 16.6. The number of hydrogen-bond acceptors (Lipinski definition) is 3. The van der Waals surface area contributed by atoms with Crippen LogP contribution in [0.4, 0.5) is 4.79 Å². The molecule has 1 fully saturated rings. The SMILES string of the molecule is CC(C)(C)OC(=O)N1CCCCC(Cn2ccnc2)C1. The fourth-order valence-electron chi connectivity index (χ4n) is 2.56. The van der Waals surface area contributed by atoms with Crippen LogP contribution in [0.1, 0.15) is 40.0 Å². The first kappa shape index (κ1) is 14.9. The van der Waals surface area contributed by atoms with Crippen LogP contribution < -0.4 is 0 Å². The van der Waals surface area contributed by atoms with E-state index in [2.05, 4.69) is 9.55 Å². The monoisotopic (exact) mass is 279 g/mol. The molecule has 0 spiro atoms. The van der Waals surface area contributed by atoms with Crippen LogP contribution >= 0.6 is 0 Å². The van der Waals surface area contributed by atoms with E-state index in [9.17, 15) is 4.79 Å². The van der Waals surface area contributed by atoms with Crippen molar-refractivity contribution in [3.63, 3.8) is 0 Å². The van der Waals surface area contributed by atoms with Gasteiger partial charge in [0, 0.05) is 32.0 Å². The Morgan fingerprint density at radius 2 is 2.20 bits per heavy atom. The van der Waals surface area contributed by atoms with E-state index < -0.39 is 5.60 Å². The average molecular weight is 279 g/mol. The quantitative estimate of drug-likeness (QED) is 0.836. The molecule has 1 aliphatic rings. The Morgan fingerprint density at radius 1 is 1.40 bits per heavy atom. The van der Waals surface area contributed by atoms with E-state index in [4.69, 9.17) is 4.74 Å². The number of likely N-dealkylation sites (tertiary alicyclic amines) is 1. The molecule has 1 amide bonds. The van der Waals surface area contributed by atoms with Gasteiger partial charge in [0.15, 0.2) is 0 Å². The van der Waals surface area contributed by atoms with Crippen LogP contribution in [0, 0.1) is 5.92 Å². The molecule has 1 aromatic rings. The fourth-order valence-corrected chi connectivity index (χ4v) is 2.56. The second-order valence-corrected chi connectivity index (χ2v) is 6.55. The van der Waals surface area contributed by atoms with Gasteiger partial charge in [-0.2, -0.15) is 0 Å². The molecule has 5 nitrogen and oxygen atoms in total. The molecule has 2 heterocycles. The summed E-state index contributed by atoms with van der Waals surface area (Å²) in [6, 6.07) is 0. The highest BCUT2D eigenvalue weighted by molar-refractivity contribution is 5.68. The number of carbonyl (C=O) groups is 1. The predicted molar refractivity (Wildman–Crippen MR) is 77.4 cm³/mol. The molecule has 2 rings (SSSR count). The molecule has 112 valence electrons. The molecule has 20 heavy (non-hydrogen) atoms. The molecule has 0 bridgehead atoms.